The fourth-order valence-electron chi connectivity index (χ4n) is 3.94. The van der Waals surface area contributed by atoms with Gasteiger partial charge < -0.3 is 9.47 Å². The van der Waals surface area contributed by atoms with Crippen LogP contribution in [0.1, 0.15) is 18.9 Å². The van der Waals surface area contributed by atoms with E-state index in [1.54, 1.807) is 0 Å². The molecule has 1 saturated carbocycles. The highest BCUT2D eigenvalue weighted by Crippen LogP contribution is 2.60. The average molecular weight is 282 g/mol. The van der Waals surface area contributed by atoms with Crippen LogP contribution in [0.3, 0.4) is 0 Å². The molecule has 1 aliphatic heterocycles. The van der Waals surface area contributed by atoms with Crippen molar-refractivity contribution in [3.8, 4) is 0 Å². The first-order chi connectivity index (χ1) is 10.2. The first kappa shape index (κ1) is 12.7. The van der Waals surface area contributed by atoms with Gasteiger partial charge in [0.05, 0.1) is 12.7 Å². The summed E-state index contributed by atoms with van der Waals surface area (Å²) in [5, 5.41) is 0. The number of allylic oxidation sites excluding steroid dienone is 2. The minimum Gasteiger partial charge on any atom is -0.490 e. The Kier molecular flexibility index (Phi) is 2.71. The lowest BCUT2D eigenvalue weighted by Gasteiger charge is -2.24. The molecule has 1 heterocycles. The van der Waals surface area contributed by atoms with E-state index >= 15 is 0 Å². The van der Waals surface area contributed by atoms with Gasteiger partial charge in [0.15, 0.2) is 0 Å². The Hall–Kier alpha value is -2.03. The van der Waals surface area contributed by atoms with E-state index in [-0.39, 0.29) is 18.0 Å². The predicted octanol–water partition coefficient (Wildman–Crippen LogP) is 3.18. The van der Waals surface area contributed by atoms with Crippen molar-refractivity contribution < 1.29 is 14.3 Å². The van der Waals surface area contributed by atoms with Crippen molar-refractivity contribution in [2.24, 2.45) is 17.8 Å². The second-order valence-corrected chi connectivity index (χ2v) is 6.06. The van der Waals surface area contributed by atoms with E-state index in [2.05, 4.69) is 30.3 Å². The summed E-state index contributed by atoms with van der Waals surface area (Å²) in [5.74, 6) is 1.75. The molecule has 4 atom stereocenters. The largest absolute Gasteiger partial charge is 0.490 e. The van der Waals surface area contributed by atoms with Crippen molar-refractivity contribution >= 4 is 11.5 Å². The number of esters is 1. The standard InChI is InChI=1S/C18H18O3/c1-10-16(18(19)20-2)17-14-8-13(14)12(9-15(17)21-10)11-6-4-3-5-7-11/h3-7,9,13-15,17H,8H2,1-2H3/t13-,14-,15-,17+/m1/s1. The van der Waals surface area contributed by atoms with Crippen LogP contribution in [-0.2, 0) is 14.3 Å². The number of ether oxygens (including phenoxy) is 2. The molecule has 0 amide bonds. The van der Waals surface area contributed by atoms with Gasteiger partial charge >= 0.3 is 5.97 Å². The molecule has 0 unspecified atom stereocenters. The molecule has 3 aliphatic rings. The topological polar surface area (TPSA) is 35.5 Å². The molecule has 0 saturated heterocycles. The van der Waals surface area contributed by atoms with Gasteiger partial charge in [-0.25, -0.2) is 4.79 Å². The summed E-state index contributed by atoms with van der Waals surface area (Å²) in [6.07, 6.45) is 3.34. The van der Waals surface area contributed by atoms with Crippen molar-refractivity contribution in [1.82, 2.24) is 0 Å². The second kappa shape index (κ2) is 4.48. The molecule has 3 heteroatoms. The Bertz CT molecular complexity index is 656. The van der Waals surface area contributed by atoms with Gasteiger partial charge in [0.1, 0.15) is 11.9 Å². The van der Waals surface area contributed by atoms with Gasteiger partial charge in [-0.2, -0.15) is 0 Å². The molecule has 0 bridgehead atoms. The van der Waals surface area contributed by atoms with Crippen molar-refractivity contribution in [2.75, 3.05) is 7.11 Å². The molecule has 21 heavy (non-hydrogen) atoms. The summed E-state index contributed by atoms with van der Waals surface area (Å²) >= 11 is 0. The van der Waals surface area contributed by atoms with Gasteiger partial charge in [-0.15, -0.1) is 0 Å². The zero-order chi connectivity index (χ0) is 14.6. The number of carbonyl (C=O) groups excluding carboxylic acids is 1. The lowest BCUT2D eigenvalue weighted by molar-refractivity contribution is -0.136. The summed E-state index contributed by atoms with van der Waals surface area (Å²) in [4.78, 5) is 12.0. The van der Waals surface area contributed by atoms with Crippen LogP contribution >= 0.6 is 0 Å². The molecule has 1 aromatic rings. The highest BCUT2D eigenvalue weighted by Gasteiger charge is 2.56. The van der Waals surface area contributed by atoms with Crippen molar-refractivity contribution in [3.63, 3.8) is 0 Å². The van der Waals surface area contributed by atoms with Crippen LogP contribution in [-0.4, -0.2) is 19.2 Å². The minimum absolute atomic E-state index is 0.0157. The molecule has 1 fully saturated rings. The molecular weight excluding hydrogens is 264 g/mol. The quantitative estimate of drug-likeness (QED) is 0.782. The van der Waals surface area contributed by atoms with E-state index in [1.165, 1.54) is 18.2 Å². The molecular formula is C18H18O3. The van der Waals surface area contributed by atoms with Gasteiger partial charge in [-0.05, 0) is 42.4 Å². The highest BCUT2D eigenvalue weighted by atomic mass is 16.5. The van der Waals surface area contributed by atoms with Crippen LogP contribution in [0.15, 0.2) is 47.7 Å². The molecule has 2 aliphatic carbocycles. The first-order valence-corrected chi connectivity index (χ1v) is 7.43. The zero-order valence-corrected chi connectivity index (χ0v) is 12.2. The van der Waals surface area contributed by atoms with Crippen LogP contribution in [0.4, 0.5) is 0 Å². The van der Waals surface area contributed by atoms with E-state index < -0.39 is 0 Å². The Morgan fingerprint density at radius 2 is 2.05 bits per heavy atom. The van der Waals surface area contributed by atoms with Crippen LogP contribution in [0.2, 0.25) is 0 Å². The fourth-order valence-corrected chi connectivity index (χ4v) is 3.94. The van der Waals surface area contributed by atoms with E-state index in [0.717, 1.165) is 17.8 Å². The van der Waals surface area contributed by atoms with Gasteiger partial charge in [0.2, 0.25) is 0 Å². The Labute approximate surface area is 124 Å². The molecule has 0 spiro atoms. The minimum atomic E-state index is -0.234. The maximum Gasteiger partial charge on any atom is 0.337 e. The summed E-state index contributed by atoms with van der Waals surface area (Å²) < 4.78 is 10.9. The number of rotatable bonds is 2. The summed E-state index contributed by atoms with van der Waals surface area (Å²) in [6.45, 7) is 1.87. The van der Waals surface area contributed by atoms with Crippen LogP contribution in [0.25, 0.3) is 5.57 Å². The fraction of sp³-hybridized carbons (Fsp3) is 0.389. The number of hydrogen-bond donors (Lipinski definition) is 0. The molecule has 108 valence electrons. The molecule has 3 nitrogen and oxygen atoms in total. The van der Waals surface area contributed by atoms with Crippen molar-refractivity contribution in [2.45, 2.75) is 19.4 Å². The smallest absolute Gasteiger partial charge is 0.337 e. The lowest BCUT2D eigenvalue weighted by atomic mass is 9.81. The Balaban J connectivity index is 1.70. The molecule has 1 aromatic carbocycles. The first-order valence-electron chi connectivity index (χ1n) is 7.43. The van der Waals surface area contributed by atoms with Gasteiger partial charge in [0.25, 0.3) is 0 Å². The number of methoxy groups -OCH3 is 1. The van der Waals surface area contributed by atoms with Crippen LogP contribution in [0, 0.1) is 17.8 Å². The van der Waals surface area contributed by atoms with Gasteiger partial charge in [-0.3, -0.25) is 0 Å². The Morgan fingerprint density at radius 1 is 1.29 bits per heavy atom. The third-order valence-electron chi connectivity index (χ3n) is 4.94. The number of fused-ring (bicyclic) bond motifs is 3. The number of carbonyl (C=O) groups is 1. The zero-order valence-electron chi connectivity index (χ0n) is 12.2. The molecule has 0 aromatic heterocycles. The summed E-state index contributed by atoms with van der Waals surface area (Å²) in [7, 11) is 1.44. The maximum absolute atomic E-state index is 12.0. The third kappa shape index (κ3) is 1.84. The Morgan fingerprint density at radius 3 is 2.76 bits per heavy atom. The monoisotopic (exact) mass is 282 g/mol. The average Bonchev–Trinajstić information content (AvgIpc) is 3.23. The van der Waals surface area contributed by atoms with Crippen molar-refractivity contribution in [3.05, 3.63) is 53.3 Å². The highest BCUT2D eigenvalue weighted by molar-refractivity contribution is 5.91. The van der Waals surface area contributed by atoms with E-state index in [0.29, 0.717) is 11.8 Å². The summed E-state index contributed by atoms with van der Waals surface area (Å²) in [6, 6.07) is 10.5. The molecule has 0 radical (unpaired) electrons. The van der Waals surface area contributed by atoms with E-state index in [4.69, 9.17) is 9.47 Å². The predicted molar refractivity (Wildman–Crippen MR) is 79.1 cm³/mol. The summed E-state index contributed by atoms with van der Waals surface area (Å²) in [5.41, 5.74) is 3.40. The van der Waals surface area contributed by atoms with E-state index in [9.17, 15) is 4.79 Å². The maximum atomic E-state index is 12.0. The molecule has 4 rings (SSSR count). The lowest BCUT2D eigenvalue weighted by Crippen LogP contribution is -2.26. The van der Waals surface area contributed by atoms with Crippen LogP contribution < -0.4 is 0 Å². The van der Waals surface area contributed by atoms with E-state index in [1.807, 2.05) is 13.0 Å². The number of hydrogen-bond acceptors (Lipinski definition) is 3. The SMILES string of the molecule is COC(=O)C1=C(C)O[C@@H]2C=C(c3ccccc3)[C@H]3C[C@H]3[C@H]12. The second-order valence-electron chi connectivity index (χ2n) is 6.06. The van der Waals surface area contributed by atoms with Crippen LogP contribution in [0.5, 0.6) is 0 Å². The third-order valence-corrected chi connectivity index (χ3v) is 4.94. The van der Waals surface area contributed by atoms with Gasteiger partial charge in [-0.1, -0.05) is 30.3 Å². The normalized spacial score (nSPS) is 32.8. The van der Waals surface area contributed by atoms with Gasteiger partial charge in [0, 0.05) is 5.92 Å². The van der Waals surface area contributed by atoms with Crippen molar-refractivity contribution in [1.29, 1.82) is 0 Å². The number of benzene rings is 1. The molecule has 0 N–H and O–H groups in total.